The Kier molecular flexibility index (Phi) is 6.33. The van der Waals surface area contributed by atoms with Crippen LogP contribution >= 0.6 is 0 Å². The summed E-state index contributed by atoms with van der Waals surface area (Å²) in [6, 6.07) is 6.01. The number of hydrogen-bond acceptors (Lipinski definition) is 5. The van der Waals surface area contributed by atoms with E-state index in [1.807, 2.05) is 0 Å². The lowest BCUT2D eigenvalue weighted by atomic mass is 9.99. The number of carbonyl (C=O) groups excluding carboxylic acids is 1. The molecule has 6 nitrogen and oxygen atoms in total. The van der Waals surface area contributed by atoms with Crippen LogP contribution in [0.1, 0.15) is 34.5 Å². The standard InChI is InChI=1S/C22H21F5N4O2/c1-12-19-15(20(32)28-13-6-8-31(9-7-13)11-18(23)24)10-17(29-21(19)33-30-12)14-4-2-3-5-16(14)22(25,26)27/h2-5,10,13,18H,6-9,11H2,1H3,(H,28,32). The van der Waals surface area contributed by atoms with E-state index in [-0.39, 0.29) is 35.1 Å². The van der Waals surface area contributed by atoms with E-state index in [0.717, 1.165) is 6.07 Å². The first-order chi connectivity index (χ1) is 15.6. The van der Waals surface area contributed by atoms with Crippen LogP contribution < -0.4 is 5.32 Å². The summed E-state index contributed by atoms with van der Waals surface area (Å²) in [5.74, 6) is -0.508. The molecule has 0 saturated carbocycles. The van der Waals surface area contributed by atoms with E-state index < -0.39 is 24.1 Å². The van der Waals surface area contributed by atoms with Crippen LogP contribution in [0.15, 0.2) is 34.9 Å². The van der Waals surface area contributed by atoms with Crippen molar-refractivity contribution in [3.05, 3.63) is 47.2 Å². The highest BCUT2D eigenvalue weighted by molar-refractivity contribution is 6.07. The average Bonchev–Trinajstić information content (AvgIpc) is 3.14. The molecule has 11 heteroatoms. The topological polar surface area (TPSA) is 71.3 Å². The highest BCUT2D eigenvalue weighted by Crippen LogP contribution is 2.37. The fourth-order valence-electron chi connectivity index (χ4n) is 4.08. The molecule has 1 saturated heterocycles. The van der Waals surface area contributed by atoms with Crippen molar-refractivity contribution in [1.29, 1.82) is 0 Å². The molecule has 0 radical (unpaired) electrons. The van der Waals surface area contributed by atoms with Gasteiger partial charge in [0.1, 0.15) is 0 Å². The van der Waals surface area contributed by atoms with E-state index in [0.29, 0.717) is 37.0 Å². The maximum absolute atomic E-state index is 13.5. The molecule has 4 rings (SSSR count). The summed E-state index contributed by atoms with van der Waals surface area (Å²) < 4.78 is 70.9. The fraction of sp³-hybridized carbons (Fsp3) is 0.409. The SMILES string of the molecule is Cc1noc2nc(-c3ccccc3C(F)(F)F)cc(C(=O)NC3CCN(CC(F)F)CC3)c12. The third-order valence-electron chi connectivity index (χ3n) is 5.69. The van der Waals surface area contributed by atoms with Gasteiger partial charge in [0, 0.05) is 24.7 Å². The molecule has 0 atom stereocenters. The Morgan fingerprint density at radius 1 is 1.24 bits per heavy atom. The summed E-state index contributed by atoms with van der Waals surface area (Å²) in [6.45, 7) is 2.12. The van der Waals surface area contributed by atoms with E-state index in [1.165, 1.54) is 24.3 Å². The van der Waals surface area contributed by atoms with Crippen LogP contribution in [0.4, 0.5) is 22.0 Å². The molecule has 2 aromatic heterocycles. The number of pyridine rings is 1. The molecule has 3 aromatic rings. The van der Waals surface area contributed by atoms with Gasteiger partial charge in [0.05, 0.1) is 34.4 Å². The number of benzene rings is 1. The number of carbonyl (C=O) groups is 1. The third-order valence-corrected chi connectivity index (χ3v) is 5.69. The Hall–Kier alpha value is -3.08. The second-order valence-electron chi connectivity index (χ2n) is 7.99. The largest absolute Gasteiger partial charge is 0.417 e. The molecule has 0 aliphatic carbocycles. The minimum Gasteiger partial charge on any atom is -0.349 e. The summed E-state index contributed by atoms with van der Waals surface area (Å²) in [5.41, 5.74) is -0.700. The highest BCUT2D eigenvalue weighted by atomic mass is 19.4. The molecule has 0 bridgehead atoms. The normalized spacial score (nSPS) is 16.0. The summed E-state index contributed by atoms with van der Waals surface area (Å²) in [6.07, 6.45) is -6.06. The van der Waals surface area contributed by atoms with E-state index in [9.17, 15) is 26.7 Å². The van der Waals surface area contributed by atoms with Crippen LogP contribution in [0.25, 0.3) is 22.4 Å². The van der Waals surface area contributed by atoms with Crippen molar-refractivity contribution in [2.75, 3.05) is 19.6 Å². The maximum Gasteiger partial charge on any atom is 0.417 e. The van der Waals surface area contributed by atoms with Crippen LogP contribution in [0.2, 0.25) is 0 Å². The molecule has 0 spiro atoms. The second-order valence-corrected chi connectivity index (χ2v) is 7.99. The maximum atomic E-state index is 13.5. The molecule has 1 N–H and O–H groups in total. The summed E-state index contributed by atoms with van der Waals surface area (Å²) in [7, 11) is 0. The number of aryl methyl sites for hydroxylation is 1. The minimum absolute atomic E-state index is 0.0427. The summed E-state index contributed by atoms with van der Waals surface area (Å²) >= 11 is 0. The van der Waals surface area contributed by atoms with Crippen molar-refractivity contribution < 1.29 is 31.3 Å². The van der Waals surface area contributed by atoms with Gasteiger partial charge in [0.15, 0.2) is 0 Å². The van der Waals surface area contributed by atoms with Gasteiger partial charge in [0.2, 0.25) is 0 Å². The zero-order chi connectivity index (χ0) is 23.8. The van der Waals surface area contributed by atoms with Crippen LogP contribution in [0.3, 0.4) is 0 Å². The molecular weight excluding hydrogens is 447 g/mol. The van der Waals surface area contributed by atoms with Gasteiger partial charge < -0.3 is 9.84 Å². The molecular formula is C22H21F5N4O2. The number of piperidine rings is 1. The minimum atomic E-state index is -4.61. The Bertz CT molecular complexity index is 1150. The Morgan fingerprint density at radius 2 is 1.94 bits per heavy atom. The number of alkyl halides is 5. The van der Waals surface area contributed by atoms with Crippen molar-refractivity contribution in [2.24, 2.45) is 0 Å². The van der Waals surface area contributed by atoms with E-state index in [4.69, 9.17) is 4.52 Å². The van der Waals surface area contributed by atoms with Crippen LogP contribution in [-0.4, -0.2) is 53.0 Å². The van der Waals surface area contributed by atoms with Crippen molar-refractivity contribution in [2.45, 2.75) is 38.4 Å². The molecule has 1 amide bonds. The molecule has 3 heterocycles. The summed E-state index contributed by atoms with van der Waals surface area (Å²) in [5, 5.41) is 7.00. The number of rotatable bonds is 5. The molecule has 1 aliphatic heterocycles. The predicted molar refractivity (Wildman–Crippen MR) is 110 cm³/mol. The first kappa shape index (κ1) is 23.1. The van der Waals surface area contributed by atoms with Crippen LogP contribution in [0.5, 0.6) is 0 Å². The fourth-order valence-corrected chi connectivity index (χ4v) is 4.08. The Labute approximate surface area is 185 Å². The molecule has 1 fully saturated rings. The van der Waals surface area contributed by atoms with Gasteiger partial charge in [-0.3, -0.25) is 9.69 Å². The molecule has 33 heavy (non-hydrogen) atoms. The number of amides is 1. The lowest BCUT2D eigenvalue weighted by molar-refractivity contribution is -0.137. The van der Waals surface area contributed by atoms with Gasteiger partial charge in [-0.15, -0.1) is 0 Å². The number of halogens is 5. The molecule has 1 aromatic carbocycles. The predicted octanol–water partition coefficient (Wildman–Crippen LogP) is 4.68. The van der Waals surface area contributed by atoms with Crippen LogP contribution in [0, 0.1) is 6.92 Å². The molecule has 1 aliphatic rings. The van der Waals surface area contributed by atoms with Gasteiger partial charge in [-0.1, -0.05) is 23.4 Å². The highest BCUT2D eigenvalue weighted by Gasteiger charge is 2.34. The number of aromatic nitrogens is 2. The van der Waals surface area contributed by atoms with Gasteiger partial charge in [-0.2, -0.15) is 13.2 Å². The average molecular weight is 468 g/mol. The summed E-state index contributed by atoms with van der Waals surface area (Å²) in [4.78, 5) is 19.0. The van der Waals surface area contributed by atoms with Crippen molar-refractivity contribution in [1.82, 2.24) is 20.4 Å². The smallest absolute Gasteiger partial charge is 0.349 e. The van der Waals surface area contributed by atoms with Crippen molar-refractivity contribution in [3.8, 4) is 11.3 Å². The molecule has 176 valence electrons. The van der Waals surface area contributed by atoms with Gasteiger partial charge in [-0.25, -0.2) is 13.8 Å². The van der Waals surface area contributed by atoms with Gasteiger partial charge in [0.25, 0.3) is 18.0 Å². The Morgan fingerprint density at radius 3 is 2.61 bits per heavy atom. The first-order valence-corrected chi connectivity index (χ1v) is 10.4. The lowest BCUT2D eigenvalue weighted by Gasteiger charge is -2.32. The monoisotopic (exact) mass is 468 g/mol. The number of hydrogen-bond donors (Lipinski definition) is 1. The van der Waals surface area contributed by atoms with Gasteiger partial charge >= 0.3 is 6.18 Å². The number of nitrogens with one attached hydrogen (secondary N) is 1. The van der Waals surface area contributed by atoms with Crippen molar-refractivity contribution in [3.63, 3.8) is 0 Å². The number of nitrogens with zero attached hydrogens (tertiary/aromatic N) is 3. The van der Waals surface area contributed by atoms with E-state index in [2.05, 4.69) is 15.5 Å². The number of fused-ring (bicyclic) bond motifs is 1. The van der Waals surface area contributed by atoms with E-state index in [1.54, 1.807) is 11.8 Å². The van der Waals surface area contributed by atoms with Gasteiger partial charge in [-0.05, 0) is 31.9 Å². The zero-order valence-corrected chi connectivity index (χ0v) is 17.6. The zero-order valence-electron chi connectivity index (χ0n) is 17.6. The van der Waals surface area contributed by atoms with Crippen molar-refractivity contribution >= 4 is 17.0 Å². The second kappa shape index (κ2) is 9.05. The third kappa shape index (κ3) is 4.97. The number of likely N-dealkylation sites (tertiary alicyclic amines) is 1. The Balaban J connectivity index is 1.65. The lowest BCUT2D eigenvalue weighted by Crippen LogP contribution is -2.45. The first-order valence-electron chi connectivity index (χ1n) is 10.4. The van der Waals surface area contributed by atoms with Crippen LogP contribution in [-0.2, 0) is 6.18 Å². The quantitative estimate of drug-likeness (QED) is 0.551. The molecule has 0 unspecified atom stereocenters. The van der Waals surface area contributed by atoms with E-state index >= 15 is 0 Å².